The number of nitrogens with one attached hydrogen (secondary N) is 1. The fraction of sp³-hybridized carbons (Fsp3) is 0.714. The molecule has 3 aliphatic heterocycles. The quantitative estimate of drug-likeness (QED) is 0.786. The number of esters is 1. The standard InChI is InChI=1S/C21H28N4O3/c26-18-11-15(21(28-18)7-2-1-3-8-21)20(27)25-10-4-5-17(25)19-23-13-14-12-22-9-6-16(14)24-19/h13,15,17,22H,1-12H2/t15-,17-/m1/s1. The Morgan fingerprint density at radius 1 is 1.25 bits per heavy atom. The van der Waals surface area contributed by atoms with Crippen LogP contribution in [0.4, 0.5) is 0 Å². The van der Waals surface area contributed by atoms with E-state index in [1.54, 1.807) is 0 Å². The summed E-state index contributed by atoms with van der Waals surface area (Å²) in [5.74, 6) is 0.268. The molecular weight excluding hydrogens is 356 g/mol. The van der Waals surface area contributed by atoms with E-state index in [0.717, 1.165) is 81.5 Å². The number of amides is 1. The van der Waals surface area contributed by atoms with Gasteiger partial charge < -0.3 is 15.0 Å². The Bertz CT molecular complexity index is 790. The lowest BCUT2D eigenvalue weighted by Gasteiger charge is -2.38. The zero-order chi connectivity index (χ0) is 19.1. The van der Waals surface area contributed by atoms with Crippen molar-refractivity contribution in [2.75, 3.05) is 13.1 Å². The molecule has 0 radical (unpaired) electrons. The molecular formula is C21H28N4O3. The van der Waals surface area contributed by atoms with E-state index >= 15 is 0 Å². The third-order valence-corrected chi connectivity index (χ3v) is 6.98. The summed E-state index contributed by atoms with van der Waals surface area (Å²) in [6, 6.07) is -0.0796. The Balaban J connectivity index is 1.40. The number of likely N-dealkylation sites (tertiary alicyclic amines) is 1. The van der Waals surface area contributed by atoms with Gasteiger partial charge in [0.15, 0.2) is 5.82 Å². The molecule has 1 amide bonds. The van der Waals surface area contributed by atoms with Crippen molar-refractivity contribution in [3.05, 3.63) is 23.3 Å². The molecule has 1 aliphatic carbocycles. The van der Waals surface area contributed by atoms with Crippen LogP contribution in [0, 0.1) is 5.92 Å². The van der Waals surface area contributed by atoms with E-state index in [-0.39, 0.29) is 30.3 Å². The zero-order valence-electron chi connectivity index (χ0n) is 16.3. The van der Waals surface area contributed by atoms with Crippen LogP contribution >= 0.6 is 0 Å². The summed E-state index contributed by atoms with van der Waals surface area (Å²) >= 11 is 0. The molecule has 2 atom stereocenters. The molecule has 1 N–H and O–H groups in total. The van der Waals surface area contributed by atoms with Gasteiger partial charge >= 0.3 is 5.97 Å². The number of hydrogen-bond donors (Lipinski definition) is 1. The molecule has 0 unspecified atom stereocenters. The minimum atomic E-state index is -0.568. The third kappa shape index (κ3) is 3.00. The molecule has 0 bridgehead atoms. The van der Waals surface area contributed by atoms with Gasteiger partial charge in [-0.2, -0.15) is 0 Å². The van der Waals surface area contributed by atoms with Crippen LogP contribution in [0.1, 0.15) is 74.5 Å². The van der Waals surface area contributed by atoms with E-state index in [1.807, 2.05) is 11.1 Å². The molecule has 150 valence electrons. The molecule has 2 saturated heterocycles. The minimum Gasteiger partial charge on any atom is -0.458 e. The fourth-order valence-electron chi connectivity index (χ4n) is 5.52. The summed E-state index contributed by atoms with van der Waals surface area (Å²) < 4.78 is 5.77. The van der Waals surface area contributed by atoms with E-state index in [0.29, 0.717) is 6.54 Å². The second-order valence-corrected chi connectivity index (χ2v) is 8.67. The lowest BCUT2D eigenvalue weighted by molar-refractivity contribution is -0.156. The first-order valence-electron chi connectivity index (χ1n) is 10.7. The van der Waals surface area contributed by atoms with Gasteiger partial charge in [-0.25, -0.2) is 9.97 Å². The van der Waals surface area contributed by atoms with Gasteiger partial charge in [0, 0.05) is 43.5 Å². The molecule has 3 fully saturated rings. The van der Waals surface area contributed by atoms with Gasteiger partial charge in [0.1, 0.15) is 5.60 Å². The Morgan fingerprint density at radius 3 is 2.96 bits per heavy atom. The Morgan fingerprint density at radius 2 is 2.11 bits per heavy atom. The van der Waals surface area contributed by atoms with Crippen molar-refractivity contribution in [1.29, 1.82) is 0 Å². The van der Waals surface area contributed by atoms with Crippen molar-refractivity contribution in [2.24, 2.45) is 5.92 Å². The molecule has 7 heteroatoms. The van der Waals surface area contributed by atoms with E-state index in [1.165, 1.54) is 0 Å². The fourth-order valence-corrected chi connectivity index (χ4v) is 5.52. The summed E-state index contributed by atoms with van der Waals surface area (Å²) in [7, 11) is 0. The predicted octanol–water partition coefficient (Wildman–Crippen LogP) is 2.05. The first kappa shape index (κ1) is 18.0. The summed E-state index contributed by atoms with van der Waals surface area (Å²) in [6.45, 7) is 2.46. The Labute approximate surface area is 165 Å². The van der Waals surface area contributed by atoms with Gasteiger partial charge in [0.25, 0.3) is 0 Å². The number of hydrogen-bond acceptors (Lipinski definition) is 6. The molecule has 28 heavy (non-hydrogen) atoms. The molecule has 4 aliphatic rings. The highest BCUT2D eigenvalue weighted by Crippen LogP contribution is 2.46. The highest BCUT2D eigenvalue weighted by atomic mass is 16.6. The predicted molar refractivity (Wildman–Crippen MR) is 101 cm³/mol. The number of carbonyl (C=O) groups excluding carboxylic acids is 2. The highest BCUT2D eigenvalue weighted by Gasteiger charge is 2.54. The summed E-state index contributed by atoms with van der Waals surface area (Å²) in [6.07, 6.45) is 9.72. The maximum atomic E-state index is 13.6. The topological polar surface area (TPSA) is 84.4 Å². The number of rotatable bonds is 2. The summed E-state index contributed by atoms with van der Waals surface area (Å²) in [4.78, 5) is 37.1. The number of carbonyl (C=O) groups is 2. The molecule has 4 heterocycles. The maximum absolute atomic E-state index is 13.6. The first-order chi connectivity index (χ1) is 13.7. The normalized spacial score (nSPS) is 29.0. The van der Waals surface area contributed by atoms with Crippen LogP contribution in [-0.2, 0) is 27.3 Å². The highest BCUT2D eigenvalue weighted by molar-refractivity contribution is 5.88. The van der Waals surface area contributed by atoms with Crippen LogP contribution in [-0.4, -0.2) is 45.4 Å². The zero-order valence-corrected chi connectivity index (χ0v) is 16.3. The number of ether oxygens (including phenoxy) is 1. The van der Waals surface area contributed by atoms with E-state index in [9.17, 15) is 9.59 Å². The largest absolute Gasteiger partial charge is 0.458 e. The molecule has 5 rings (SSSR count). The van der Waals surface area contributed by atoms with E-state index in [4.69, 9.17) is 9.72 Å². The number of nitrogens with zero attached hydrogens (tertiary/aromatic N) is 3. The van der Waals surface area contributed by atoms with Crippen molar-refractivity contribution < 1.29 is 14.3 Å². The minimum absolute atomic E-state index is 0.0678. The van der Waals surface area contributed by atoms with Crippen molar-refractivity contribution >= 4 is 11.9 Å². The second-order valence-electron chi connectivity index (χ2n) is 8.67. The Kier molecular flexibility index (Phi) is 4.57. The molecule has 7 nitrogen and oxygen atoms in total. The lowest BCUT2D eigenvalue weighted by Crippen LogP contribution is -2.47. The summed E-state index contributed by atoms with van der Waals surface area (Å²) in [5, 5.41) is 3.34. The van der Waals surface area contributed by atoms with Gasteiger partial charge in [0.2, 0.25) is 5.91 Å². The van der Waals surface area contributed by atoms with Gasteiger partial charge in [-0.1, -0.05) is 6.42 Å². The van der Waals surface area contributed by atoms with Crippen molar-refractivity contribution in [3.8, 4) is 0 Å². The van der Waals surface area contributed by atoms with Crippen LogP contribution < -0.4 is 5.32 Å². The SMILES string of the molecule is O=C1C[C@H](C(=O)N2CCC[C@@H]2c2ncc3c(n2)CCNC3)C2(CCCCC2)O1. The van der Waals surface area contributed by atoms with Crippen LogP contribution in [0.15, 0.2) is 6.20 Å². The van der Waals surface area contributed by atoms with Crippen molar-refractivity contribution in [3.63, 3.8) is 0 Å². The Hall–Kier alpha value is -2.02. The van der Waals surface area contributed by atoms with E-state index in [2.05, 4.69) is 10.3 Å². The van der Waals surface area contributed by atoms with Crippen LogP contribution in [0.25, 0.3) is 0 Å². The van der Waals surface area contributed by atoms with Crippen LogP contribution in [0.5, 0.6) is 0 Å². The van der Waals surface area contributed by atoms with Gasteiger partial charge in [-0.3, -0.25) is 9.59 Å². The molecule has 1 aromatic heterocycles. The molecule has 1 aromatic rings. The number of fused-ring (bicyclic) bond motifs is 1. The number of aromatic nitrogens is 2. The third-order valence-electron chi connectivity index (χ3n) is 6.98. The van der Waals surface area contributed by atoms with Gasteiger partial charge in [0.05, 0.1) is 18.4 Å². The average molecular weight is 384 g/mol. The van der Waals surface area contributed by atoms with Crippen LogP contribution in [0.3, 0.4) is 0 Å². The smallest absolute Gasteiger partial charge is 0.307 e. The summed E-state index contributed by atoms with van der Waals surface area (Å²) in [5.41, 5.74) is 1.69. The van der Waals surface area contributed by atoms with Crippen molar-refractivity contribution in [1.82, 2.24) is 20.2 Å². The molecule has 0 aromatic carbocycles. The molecule has 1 saturated carbocycles. The van der Waals surface area contributed by atoms with E-state index < -0.39 is 5.60 Å². The van der Waals surface area contributed by atoms with Crippen molar-refractivity contribution in [2.45, 2.75) is 76.0 Å². The van der Waals surface area contributed by atoms with Crippen LogP contribution in [0.2, 0.25) is 0 Å². The second kappa shape index (κ2) is 7.10. The molecule has 1 spiro atoms. The average Bonchev–Trinajstić information content (AvgIpc) is 3.33. The van der Waals surface area contributed by atoms with Gasteiger partial charge in [-0.05, 0) is 38.5 Å². The maximum Gasteiger partial charge on any atom is 0.307 e. The first-order valence-corrected chi connectivity index (χ1v) is 10.7. The lowest BCUT2D eigenvalue weighted by atomic mass is 9.75. The van der Waals surface area contributed by atoms with Gasteiger partial charge in [-0.15, -0.1) is 0 Å². The monoisotopic (exact) mass is 384 g/mol.